The summed E-state index contributed by atoms with van der Waals surface area (Å²) < 4.78 is 2.31. The van der Waals surface area contributed by atoms with E-state index in [-0.39, 0.29) is 0 Å². The molecule has 15 heavy (non-hydrogen) atoms. The fourth-order valence-corrected chi connectivity index (χ4v) is 2.97. The van der Waals surface area contributed by atoms with Crippen molar-refractivity contribution in [3.05, 3.63) is 23.0 Å². The maximum atomic E-state index is 9.82. The molecular formula is C12H18N2O. The van der Waals surface area contributed by atoms with E-state index in [2.05, 4.69) is 29.8 Å². The summed E-state index contributed by atoms with van der Waals surface area (Å²) in [7, 11) is 0. The third-order valence-electron chi connectivity index (χ3n) is 3.60. The first-order valence-electron chi connectivity index (χ1n) is 5.69. The Kier molecular flexibility index (Phi) is 1.80. The zero-order chi connectivity index (χ0) is 10.6. The predicted octanol–water partition coefficient (Wildman–Crippen LogP) is 1.21. The average molecular weight is 206 g/mol. The second kappa shape index (κ2) is 2.86. The second-order valence-electron chi connectivity index (χ2n) is 5.57. The molecule has 3 heteroatoms. The average Bonchev–Trinajstić information content (AvgIpc) is 2.59. The zero-order valence-electron chi connectivity index (χ0n) is 9.38. The number of aliphatic hydroxyl groups is 1. The highest BCUT2D eigenvalue weighted by atomic mass is 16.3. The van der Waals surface area contributed by atoms with Crippen LogP contribution < -0.4 is 5.32 Å². The Hall–Kier alpha value is -0.800. The number of hydrogen-bond acceptors (Lipinski definition) is 2. The van der Waals surface area contributed by atoms with Gasteiger partial charge in [-0.05, 0) is 29.9 Å². The van der Waals surface area contributed by atoms with Crippen LogP contribution in [0.4, 0.5) is 0 Å². The van der Waals surface area contributed by atoms with Crippen LogP contribution in [0.1, 0.15) is 37.0 Å². The van der Waals surface area contributed by atoms with Crippen molar-refractivity contribution in [1.82, 2.24) is 9.88 Å². The Morgan fingerprint density at radius 3 is 3.07 bits per heavy atom. The molecule has 0 amide bonds. The van der Waals surface area contributed by atoms with Gasteiger partial charge in [-0.2, -0.15) is 0 Å². The molecule has 0 saturated heterocycles. The number of nitrogens with zero attached hydrogens (tertiary/aromatic N) is 1. The minimum absolute atomic E-state index is 0.405. The molecule has 1 aliphatic carbocycles. The molecule has 3 nitrogen and oxygen atoms in total. The number of hydrogen-bond donors (Lipinski definition) is 2. The van der Waals surface area contributed by atoms with E-state index in [4.69, 9.17) is 0 Å². The van der Waals surface area contributed by atoms with Gasteiger partial charge in [0.05, 0.1) is 5.69 Å². The summed E-state index contributed by atoms with van der Waals surface area (Å²) in [5.74, 6) is 0. The number of aliphatic hydroxyl groups excluding tert-OH is 1. The number of fused-ring (bicyclic) bond motifs is 3. The van der Waals surface area contributed by atoms with Gasteiger partial charge in [-0.1, -0.05) is 13.8 Å². The molecular weight excluding hydrogens is 188 g/mol. The molecule has 1 aromatic heterocycles. The van der Waals surface area contributed by atoms with Crippen molar-refractivity contribution >= 4 is 0 Å². The Bertz CT molecular complexity index is 406. The minimum atomic E-state index is -0.465. The quantitative estimate of drug-likeness (QED) is 0.669. The smallest absolute Gasteiger partial charge is 0.146 e. The van der Waals surface area contributed by atoms with E-state index in [1.165, 1.54) is 11.3 Å². The van der Waals surface area contributed by atoms with Crippen LogP contribution in [0.3, 0.4) is 0 Å². The molecule has 0 saturated carbocycles. The van der Waals surface area contributed by atoms with E-state index < -0.39 is 6.23 Å². The van der Waals surface area contributed by atoms with E-state index in [9.17, 15) is 5.11 Å². The lowest BCUT2D eigenvalue weighted by molar-refractivity contribution is 0.114. The summed E-state index contributed by atoms with van der Waals surface area (Å²) in [6.45, 7) is 6.50. The van der Waals surface area contributed by atoms with E-state index in [0.29, 0.717) is 5.41 Å². The van der Waals surface area contributed by atoms with Crippen LogP contribution in [0.25, 0.3) is 0 Å². The molecule has 2 N–H and O–H groups in total. The number of nitrogens with one attached hydrogen (secondary N) is 1. The van der Waals surface area contributed by atoms with Crippen LogP contribution in [-0.2, 0) is 19.4 Å². The molecule has 0 radical (unpaired) electrons. The fraction of sp³-hybridized carbons (Fsp3) is 0.667. The lowest BCUT2D eigenvalue weighted by Gasteiger charge is -2.25. The van der Waals surface area contributed by atoms with Gasteiger partial charge in [0.25, 0.3) is 0 Å². The summed E-state index contributed by atoms with van der Waals surface area (Å²) >= 11 is 0. The molecule has 2 aliphatic rings. The van der Waals surface area contributed by atoms with Gasteiger partial charge in [0.2, 0.25) is 0 Å². The lowest BCUT2D eigenvalue weighted by atomic mass is 9.90. The third kappa shape index (κ3) is 1.34. The van der Waals surface area contributed by atoms with Crippen molar-refractivity contribution in [3.63, 3.8) is 0 Å². The highest BCUT2D eigenvalue weighted by Gasteiger charge is 2.34. The van der Waals surface area contributed by atoms with Gasteiger partial charge in [0.15, 0.2) is 0 Å². The first kappa shape index (κ1) is 9.43. The highest BCUT2D eigenvalue weighted by molar-refractivity contribution is 5.35. The second-order valence-corrected chi connectivity index (χ2v) is 5.57. The fourth-order valence-electron chi connectivity index (χ4n) is 2.97. The van der Waals surface area contributed by atoms with Crippen LogP contribution in [0.5, 0.6) is 0 Å². The largest absolute Gasteiger partial charge is 0.373 e. The zero-order valence-corrected chi connectivity index (χ0v) is 9.38. The summed E-state index contributed by atoms with van der Waals surface area (Å²) in [5.41, 5.74) is 4.36. The van der Waals surface area contributed by atoms with Crippen LogP contribution >= 0.6 is 0 Å². The normalized spacial score (nSPS) is 27.5. The van der Waals surface area contributed by atoms with E-state index in [0.717, 1.165) is 31.6 Å². The summed E-state index contributed by atoms with van der Waals surface area (Å²) in [5, 5.41) is 12.9. The molecule has 3 rings (SSSR count). The lowest BCUT2D eigenvalue weighted by Crippen LogP contribution is -2.33. The van der Waals surface area contributed by atoms with Crippen molar-refractivity contribution in [3.8, 4) is 0 Å². The van der Waals surface area contributed by atoms with Gasteiger partial charge < -0.3 is 9.67 Å². The topological polar surface area (TPSA) is 37.2 Å². The SMILES string of the molecule is CC1(C)Cc2cc3n(c2C1)CCNC3O. The molecule has 0 spiro atoms. The van der Waals surface area contributed by atoms with Crippen molar-refractivity contribution < 1.29 is 5.11 Å². The monoisotopic (exact) mass is 206 g/mol. The molecule has 82 valence electrons. The number of aromatic nitrogens is 1. The highest BCUT2D eigenvalue weighted by Crippen LogP contribution is 2.39. The van der Waals surface area contributed by atoms with Gasteiger partial charge >= 0.3 is 0 Å². The molecule has 0 bridgehead atoms. The van der Waals surface area contributed by atoms with Gasteiger partial charge in [0.1, 0.15) is 6.23 Å². The Balaban J connectivity index is 2.06. The Morgan fingerprint density at radius 2 is 2.27 bits per heavy atom. The van der Waals surface area contributed by atoms with Crippen molar-refractivity contribution in [2.45, 2.75) is 39.5 Å². The van der Waals surface area contributed by atoms with Crippen molar-refractivity contribution in [1.29, 1.82) is 0 Å². The van der Waals surface area contributed by atoms with Crippen molar-refractivity contribution in [2.75, 3.05) is 6.54 Å². The molecule has 1 unspecified atom stereocenters. The maximum absolute atomic E-state index is 9.82. The van der Waals surface area contributed by atoms with E-state index in [1.54, 1.807) is 0 Å². The first-order valence-corrected chi connectivity index (χ1v) is 5.69. The minimum Gasteiger partial charge on any atom is -0.373 e. The number of rotatable bonds is 0. The Morgan fingerprint density at radius 1 is 1.47 bits per heavy atom. The van der Waals surface area contributed by atoms with Crippen LogP contribution in [0.2, 0.25) is 0 Å². The molecule has 1 atom stereocenters. The van der Waals surface area contributed by atoms with Gasteiger partial charge in [-0.15, -0.1) is 0 Å². The van der Waals surface area contributed by atoms with E-state index in [1.807, 2.05) is 0 Å². The first-order chi connectivity index (χ1) is 7.07. The van der Waals surface area contributed by atoms with Crippen LogP contribution in [0, 0.1) is 5.41 Å². The van der Waals surface area contributed by atoms with Crippen LogP contribution in [-0.4, -0.2) is 16.2 Å². The molecule has 2 heterocycles. The summed E-state index contributed by atoms with van der Waals surface area (Å²) in [6.07, 6.45) is 1.83. The molecule has 1 aromatic rings. The van der Waals surface area contributed by atoms with Crippen LogP contribution in [0.15, 0.2) is 6.07 Å². The molecule has 1 aliphatic heterocycles. The van der Waals surface area contributed by atoms with Gasteiger partial charge in [-0.3, -0.25) is 5.32 Å². The maximum Gasteiger partial charge on any atom is 0.146 e. The predicted molar refractivity (Wildman–Crippen MR) is 58.6 cm³/mol. The standard InChI is InChI=1S/C12H18N2O/c1-12(2)6-8-5-9-11(15)13-3-4-14(9)10(8)7-12/h5,11,13,15H,3-4,6-7H2,1-2H3. The van der Waals surface area contributed by atoms with Crippen molar-refractivity contribution in [2.24, 2.45) is 5.41 Å². The Labute approximate surface area is 90.1 Å². The van der Waals surface area contributed by atoms with E-state index >= 15 is 0 Å². The summed E-state index contributed by atoms with van der Waals surface area (Å²) in [6, 6.07) is 2.18. The third-order valence-corrected chi connectivity index (χ3v) is 3.60. The molecule has 0 fully saturated rings. The summed E-state index contributed by atoms with van der Waals surface area (Å²) in [4.78, 5) is 0. The van der Waals surface area contributed by atoms with Gasteiger partial charge in [-0.25, -0.2) is 0 Å². The van der Waals surface area contributed by atoms with Gasteiger partial charge in [0, 0.05) is 18.8 Å². The molecule has 0 aromatic carbocycles.